The zero-order valence-electron chi connectivity index (χ0n) is 10.7. The summed E-state index contributed by atoms with van der Waals surface area (Å²) in [5, 5.41) is 0. The second-order valence-corrected chi connectivity index (χ2v) is 4.08. The molecule has 2 nitrogen and oxygen atoms in total. The first-order valence-corrected chi connectivity index (χ1v) is 5.97. The molecule has 0 fully saturated rings. The molecule has 0 saturated carbocycles. The molecule has 1 rings (SSSR count). The van der Waals surface area contributed by atoms with Gasteiger partial charge in [0.1, 0.15) is 5.78 Å². The maximum atomic E-state index is 11.6. The largest absolute Gasteiger partial charge is 0.377 e. The number of carbonyl (C=O) groups excluding carboxylic acids is 1. The summed E-state index contributed by atoms with van der Waals surface area (Å²) in [6.45, 7) is 3.79. The number of hydrogen-bond acceptors (Lipinski definition) is 2. The molecular weight excluding hydrogens is 212 g/mol. The van der Waals surface area contributed by atoms with Crippen molar-refractivity contribution in [3.8, 4) is 0 Å². The Bertz CT molecular complexity index is 368. The Balaban J connectivity index is 2.70. The topological polar surface area (TPSA) is 26.3 Å². The molecule has 2 heteroatoms. The zero-order chi connectivity index (χ0) is 12.7. The Hall–Kier alpha value is -1.41. The third kappa shape index (κ3) is 4.16. The third-order valence-electron chi connectivity index (χ3n) is 2.90. The molecule has 0 radical (unpaired) electrons. The van der Waals surface area contributed by atoms with Crippen LogP contribution in [0.3, 0.4) is 0 Å². The molecule has 1 aromatic rings. The van der Waals surface area contributed by atoms with Gasteiger partial charge in [-0.15, -0.1) is 0 Å². The van der Waals surface area contributed by atoms with Crippen molar-refractivity contribution in [2.24, 2.45) is 5.92 Å². The first kappa shape index (κ1) is 13.7. The third-order valence-corrected chi connectivity index (χ3v) is 2.90. The van der Waals surface area contributed by atoms with Crippen LogP contribution >= 0.6 is 0 Å². The highest BCUT2D eigenvalue weighted by Crippen LogP contribution is 2.13. The molecule has 0 aliphatic carbocycles. The number of rotatable bonds is 6. The van der Waals surface area contributed by atoms with Crippen LogP contribution in [0.15, 0.2) is 36.4 Å². The van der Waals surface area contributed by atoms with Crippen LogP contribution in [0.2, 0.25) is 0 Å². The Morgan fingerprint density at radius 2 is 2.00 bits per heavy atom. The maximum Gasteiger partial charge on any atom is 0.138 e. The summed E-state index contributed by atoms with van der Waals surface area (Å²) in [5.41, 5.74) is 1.12. The van der Waals surface area contributed by atoms with Gasteiger partial charge in [-0.1, -0.05) is 56.3 Å². The second kappa shape index (κ2) is 7.02. The van der Waals surface area contributed by atoms with Crippen LogP contribution in [0.4, 0.5) is 0 Å². The van der Waals surface area contributed by atoms with E-state index in [-0.39, 0.29) is 17.8 Å². The summed E-state index contributed by atoms with van der Waals surface area (Å²) < 4.78 is 5.35. The molecule has 92 valence electrons. The van der Waals surface area contributed by atoms with Crippen LogP contribution in [-0.2, 0) is 9.53 Å². The molecule has 0 amide bonds. The lowest BCUT2D eigenvalue weighted by Crippen LogP contribution is -2.25. The van der Waals surface area contributed by atoms with Crippen LogP contribution in [0.5, 0.6) is 0 Å². The van der Waals surface area contributed by atoms with Gasteiger partial charge in [-0.05, 0) is 5.56 Å². The van der Waals surface area contributed by atoms with E-state index in [1.807, 2.05) is 56.3 Å². The number of ketones is 1. The van der Waals surface area contributed by atoms with Crippen LogP contribution in [0, 0.1) is 5.92 Å². The Labute approximate surface area is 103 Å². The molecule has 0 aliphatic heterocycles. The van der Waals surface area contributed by atoms with Crippen molar-refractivity contribution in [3.05, 3.63) is 42.0 Å². The predicted molar refractivity (Wildman–Crippen MR) is 70.7 cm³/mol. The minimum absolute atomic E-state index is 0.0926. The van der Waals surface area contributed by atoms with Gasteiger partial charge in [0.05, 0.1) is 6.10 Å². The highest BCUT2D eigenvalue weighted by molar-refractivity contribution is 5.81. The predicted octanol–water partition coefficient (Wildman–Crippen LogP) is 3.33. The summed E-state index contributed by atoms with van der Waals surface area (Å²) in [7, 11) is 1.64. The lowest BCUT2D eigenvalue weighted by Gasteiger charge is -2.17. The van der Waals surface area contributed by atoms with Gasteiger partial charge in [0.15, 0.2) is 0 Å². The van der Waals surface area contributed by atoms with Gasteiger partial charge in [0.25, 0.3) is 0 Å². The number of methoxy groups -OCH3 is 1. The van der Waals surface area contributed by atoms with E-state index in [1.165, 1.54) is 0 Å². The number of carbonyl (C=O) groups is 1. The summed E-state index contributed by atoms with van der Waals surface area (Å²) in [5.74, 6) is 0.138. The molecule has 0 aliphatic rings. The Morgan fingerprint density at radius 1 is 1.35 bits per heavy atom. The molecule has 0 heterocycles. The molecule has 17 heavy (non-hydrogen) atoms. The van der Waals surface area contributed by atoms with Crippen LogP contribution < -0.4 is 0 Å². The van der Waals surface area contributed by atoms with E-state index in [9.17, 15) is 4.79 Å². The zero-order valence-corrected chi connectivity index (χ0v) is 10.7. The summed E-state index contributed by atoms with van der Waals surface area (Å²) in [4.78, 5) is 11.6. The number of benzene rings is 1. The molecule has 0 N–H and O–H groups in total. The van der Waals surface area contributed by atoms with E-state index < -0.39 is 0 Å². The van der Waals surface area contributed by atoms with Gasteiger partial charge in [0, 0.05) is 19.4 Å². The summed E-state index contributed by atoms with van der Waals surface area (Å²) in [6, 6.07) is 10.0. The van der Waals surface area contributed by atoms with Gasteiger partial charge in [-0.25, -0.2) is 0 Å². The van der Waals surface area contributed by atoms with Crippen molar-refractivity contribution in [1.82, 2.24) is 0 Å². The van der Waals surface area contributed by atoms with Gasteiger partial charge in [0.2, 0.25) is 0 Å². The van der Waals surface area contributed by atoms with Crippen molar-refractivity contribution >= 4 is 11.9 Å². The molecule has 0 spiro atoms. The van der Waals surface area contributed by atoms with Crippen LogP contribution in [0.1, 0.15) is 25.8 Å². The monoisotopic (exact) mass is 232 g/mol. The number of Topliss-reactive ketones (excluding diaryl/α,β-unsaturated/α-hetero) is 1. The van der Waals surface area contributed by atoms with Gasteiger partial charge >= 0.3 is 0 Å². The Kier molecular flexibility index (Phi) is 5.64. The lowest BCUT2D eigenvalue weighted by molar-refractivity contribution is -0.125. The van der Waals surface area contributed by atoms with Gasteiger partial charge in [-0.3, -0.25) is 4.79 Å². The van der Waals surface area contributed by atoms with E-state index in [0.717, 1.165) is 5.56 Å². The number of hydrogen-bond donors (Lipinski definition) is 0. The molecule has 0 saturated heterocycles. The minimum Gasteiger partial charge on any atom is -0.377 e. The standard InChI is InChI=1S/C15H20O2/c1-4-14(16)12(2)15(17-3)11-10-13-8-6-5-7-9-13/h5-12,15H,4H2,1-3H3/b11-10+/t12-,15-/m0/s1. The smallest absolute Gasteiger partial charge is 0.138 e. The van der Waals surface area contributed by atoms with Gasteiger partial charge in [-0.2, -0.15) is 0 Å². The molecule has 0 aromatic heterocycles. The molecular formula is C15H20O2. The van der Waals surface area contributed by atoms with Crippen LogP contribution in [0.25, 0.3) is 6.08 Å². The van der Waals surface area contributed by atoms with Crippen molar-refractivity contribution < 1.29 is 9.53 Å². The fraction of sp³-hybridized carbons (Fsp3) is 0.400. The fourth-order valence-electron chi connectivity index (χ4n) is 1.72. The highest BCUT2D eigenvalue weighted by Gasteiger charge is 2.19. The van der Waals surface area contributed by atoms with Crippen molar-refractivity contribution in [3.63, 3.8) is 0 Å². The lowest BCUT2D eigenvalue weighted by atomic mass is 9.97. The fourth-order valence-corrected chi connectivity index (χ4v) is 1.72. The normalized spacial score (nSPS) is 14.8. The van der Waals surface area contributed by atoms with Gasteiger partial charge < -0.3 is 4.74 Å². The molecule has 2 atom stereocenters. The average Bonchev–Trinajstić information content (AvgIpc) is 2.39. The SMILES string of the molecule is CCC(=O)[C@H](C)[C@H](/C=C/c1ccccc1)OC. The average molecular weight is 232 g/mol. The summed E-state index contributed by atoms with van der Waals surface area (Å²) in [6.07, 6.45) is 4.35. The summed E-state index contributed by atoms with van der Waals surface area (Å²) >= 11 is 0. The molecule has 1 aromatic carbocycles. The van der Waals surface area contributed by atoms with E-state index in [2.05, 4.69) is 0 Å². The Morgan fingerprint density at radius 3 is 2.53 bits per heavy atom. The first-order chi connectivity index (χ1) is 8.19. The van der Waals surface area contributed by atoms with Crippen molar-refractivity contribution in [2.75, 3.05) is 7.11 Å². The minimum atomic E-state index is -0.150. The second-order valence-electron chi connectivity index (χ2n) is 4.08. The van der Waals surface area contributed by atoms with E-state index >= 15 is 0 Å². The van der Waals surface area contributed by atoms with Crippen molar-refractivity contribution in [2.45, 2.75) is 26.4 Å². The van der Waals surface area contributed by atoms with Crippen LogP contribution in [-0.4, -0.2) is 19.0 Å². The highest BCUT2D eigenvalue weighted by atomic mass is 16.5. The van der Waals surface area contributed by atoms with E-state index in [4.69, 9.17) is 4.74 Å². The quantitative estimate of drug-likeness (QED) is 0.752. The molecule has 0 unspecified atom stereocenters. The maximum absolute atomic E-state index is 11.6. The number of ether oxygens (including phenoxy) is 1. The first-order valence-electron chi connectivity index (χ1n) is 5.97. The van der Waals surface area contributed by atoms with Crippen molar-refractivity contribution in [1.29, 1.82) is 0 Å². The van der Waals surface area contributed by atoms with E-state index in [1.54, 1.807) is 7.11 Å². The van der Waals surface area contributed by atoms with E-state index in [0.29, 0.717) is 6.42 Å². The molecule has 0 bridgehead atoms.